The molecule has 0 saturated heterocycles. The highest BCUT2D eigenvalue weighted by molar-refractivity contribution is 9.11. The Morgan fingerprint density at radius 3 is 1.15 bits per heavy atom. The van der Waals surface area contributed by atoms with Gasteiger partial charge in [0.25, 0.3) is 11.4 Å². The van der Waals surface area contributed by atoms with Crippen LogP contribution in [0.2, 0.25) is 0 Å². The third kappa shape index (κ3) is 6.20. The monoisotopic (exact) mass is 704 g/mol. The van der Waals surface area contributed by atoms with E-state index < -0.39 is 44.7 Å². The largest absolute Gasteiger partial charge is 0.455 e. The Labute approximate surface area is 242 Å². The molecule has 0 amide bonds. The molecule has 0 atom stereocenters. The Hall–Kier alpha value is -3.98. The number of nitrogens with zero attached hydrogens (tertiary/aromatic N) is 2. The molecule has 0 aliphatic heterocycles. The second-order valence-corrected chi connectivity index (χ2v) is 9.90. The molecule has 0 radical (unpaired) electrons. The van der Waals surface area contributed by atoms with E-state index in [1.165, 1.54) is 12.1 Å². The highest BCUT2D eigenvalue weighted by Crippen LogP contribution is 2.48. The smallest absolute Gasteiger partial charge is 0.416 e. The van der Waals surface area contributed by atoms with Crippen molar-refractivity contribution in [1.29, 1.82) is 0 Å². The Morgan fingerprint density at radius 2 is 0.878 bits per heavy atom. The number of nitro benzene ring substituents is 2. The maximum Gasteiger partial charge on any atom is 0.416 e. The minimum Gasteiger partial charge on any atom is -0.455 e. The summed E-state index contributed by atoms with van der Waals surface area (Å²) >= 11 is 6.45. The maximum atomic E-state index is 13.0. The summed E-state index contributed by atoms with van der Waals surface area (Å²) in [5.41, 5.74) is -2.87. The highest BCUT2D eigenvalue weighted by Gasteiger charge is 2.32. The number of rotatable bonds is 6. The van der Waals surface area contributed by atoms with Crippen molar-refractivity contribution in [3.8, 4) is 33.8 Å². The van der Waals surface area contributed by atoms with E-state index in [2.05, 4.69) is 31.9 Å². The molecule has 0 heterocycles. The summed E-state index contributed by atoms with van der Waals surface area (Å²) in [5.74, 6) is -0.0863. The Kier molecular flexibility index (Phi) is 8.14. The fraction of sp³-hybridized carbons (Fsp3) is 0.0769. The standard InChI is InChI=1S/C26H12Br2F6N2O5/c27-23-19(11-9-17(35(37)38)21(23)13-1-5-15(6-2-13)25(29,30)31)41-20-12-10-18(36(39)40)22(24(20)28)14-3-7-16(8-4-14)26(32,33)34/h1-12H. The lowest BCUT2D eigenvalue weighted by atomic mass is 10.0. The third-order valence-corrected chi connectivity index (χ3v) is 7.36. The van der Waals surface area contributed by atoms with E-state index in [9.17, 15) is 46.6 Å². The predicted molar refractivity (Wildman–Crippen MR) is 143 cm³/mol. The van der Waals surface area contributed by atoms with E-state index in [1.807, 2.05) is 0 Å². The summed E-state index contributed by atoms with van der Waals surface area (Å²) < 4.78 is 84.0. The fourth-order valence-electron chi connectivity index (χ4n) is 3.87. The predicted octanol–water partition coefficient (Wildman–Crippen LogP) is 10.2. The first kappa shape index (κ1) is 30.0. The van der Waals surface area contributed by atoms with E-state index >= 15 is 0 Å². The van der Waals surface area contributed by atoms with E-state index in [0.717, 1.165) is 60.7 Å². The van der Waals surface area contributed by atoms with Crippen LogP contribution in [0.3, 0.4) is 0 Å². The average Bonchev–Trinajstić information content (AvgIpc) is 2.89. The molecule has 4 aromatic rings. The van der Waals surface area contributed by atoms with Crippen molar-refractivity contribution in [2.24, 2.45) is 0 Å². The summed E-state index contributed by atoms with van der Waals surface area (Å²) in [6, 6.07) is 11.9. The molecule has 4 aromatic carbocycles. The number of halogens is 8. The van der Waals surface area contributed by atoms with Gasteiger partial charge in [-0.05, 0) is 79.4 Å². The first-order valence-electron chi connectivity index (χ1n) is 11.1. The molecule has 0 aromatic heterocycles. The zero-order valence-electron chi connectivity index (χ0n) is 19.9. The number of ether oxygens (including phenoxy) is 1. The summed E-state index contributed by atoms with van der Waals surface area (Å²) in [5, 5.41) is 23.4. The van der Waals surface area contributed by atoms with Gasteiger partial charge in [0.15, 0.2) is 0 Å². The minimum atomic E-state index is -4.63. The van der Waals surface area contributed by atoms with E-state index in [4.69, 9.17) is 4.74 Å². The molecular weight excluding hydrogens is 694 g/mol. The summed E-state index contributed by atoms with van der Waals surface area (Å²) in [4.78, 5) is 22.0. The summed E-state index contributed by atoms with van der Waals surface area (Å²) in [7, 11) is 0. The zero-order valence-corrected chi connectivity index (χ0v) is 23.1. The fourth-order valence-corrected chi connectivity index (χ4v) is 5.17. The van der Waals surface area contributed by atoms with Crippen molar-refractivity contribution in [3.05, 3.63) is 113 Å². The molecule has 0 unspecified atom stereocenters. The molecule has 212 valence electrons. The number of hydrogen-bond acceptors (Lipinski definition) is 5. The maximum absolute atomic E-state index is 13.0. The van der Waals surface area contributed by atoms with Crippen LogP contribution in [0.5, 0.6) is 11.5 Å². The molecule has 0 aliphatic carbocycles. The van der Waals surface area contributed by atoms with Crippen LogP contribution in [0.1, 0.15) is 11.1 Å². The lowest BCUT2D eigenvalue weighted by Crippen LogP contribution is -2.04. The van der Waals surface area contributed by atoms with Crippen molar-refractivity contribution in [2.45, 2.75) is 12.4 Å². The summed E-state index contributed by atoms with van der Waals surface area (Å²) in [6.45, 7) is 0. The number of hydrogen-bond donors (Lipinski definition) is 0. The van der Waals surface area contributed by atoms with E-state index in [0.29, 0.717) is 0 Å². The molecule has 15 heteroatoms. The van der Waals surface area contributed by atoms with Crippen LogP contribution in [0.4, 0.5) is 37.7 Å². The molecule has 0 fully saturated rings. The van der Waals surface area contributed by atoms with Gasteiger partial charge in [-0.3, -0.25) is 20.2 Å². The van der Waals surface area contributed by atoms with Crippen molar-refractivity contribution in [3.63, 3.8) is 0 Å². The van der Waals surface area contributed by atoms with Crippen molar-refractivity contribution < 1.29 is 40.9 Å². The van der Waals surface area contributed by atoms with Gasteiger partial charge in [0.05, 0.1) is 41.0 Å². The van der Waals surface area contributed by atoms with E-state index in [1.54, 1.807) is 0 Å². The molecule has 0 spiro atoms. The van der Waals surface area contributed by atoms with Crippen molar-refractivity contribution in [2.75, 3.05) is 0 Å². The second-order valence-electron chi connectivity index (χ2n) is 8.31. The first-order chi connectivity index (χ1) is 19.1. The topological polar surface area (TPSA) is 95.5 Å². The molecule has 41 heavy (non-hydrogen) atoms. The Bertz CT molecular complexity index is 1530. The van der Waals surface area contributed by atoms with Crippen LogP contribution >= 0.6 is 31.9 Å². The van der Waals surface area contributed by atoms with Gasteiger partial charge >= 0.3 is 12.4 Å². The molecule has 4 rings (SSSR count). The number of benzene rings is 4. The quantitative estimate of drug-likeness (QED) is 0.113. The van der Waals surface area contributed by atoms with Crippen LogP contribution in [-0.2, 0) is 12.4 Å². The normalized spacial score (nSPS) is 11.8. The molecule has 0 N–H and O–H groups in total. The van der Waals surface area contributed by atoms with Crippen LogP contribution < -0.4 is 4.74 Å². The zero-order chi connectivity index (χ0) is 30.3. The van der Waals surface area contributed by atoms with Gasteiger partial charge in [-0.25, -0.2) is 0 Å². The van der Waals surface area contributed by atoms with Gasteiger partial charge in [-0.1, -0.05) is 24.3 Å². The molecule has 0 bridgehead atoms. The van der Waals surface area contributed by atoms with Gasteiger partial charge in [-0.15, -0.1) is 0 Å². The van der Waals surface area contributed by atoms with Gasteiger partial charge < -0.3 is 4.74 Å². The van der Waals surface area contributed by atoms with Gasteiger partial charge in [0, 0.05) is 12.1 Å². The molecule has 0 saturated carbocycles. The van der Waals surface area contributed by atoms with Crippen LogP contribution in [0.25, 0.3) is 22.3 Å². The number of nitro groups is 2. The van der Waals surface area contributed by atoms with Gasteiger partial charge in [-0.2, -0.15) is 26.3 Å². The number of alkyl halides is 6. The SMILES string of the molecule is O=[N+]([O-])c1ccc(Oc2ccc([N+](=O)[O-])c(-c3ccc(C(F)(F)F)cc3)c2Br)c(Br)c1-c1ccc(C(F)(F)F)cc1. The van der Waals surface area contributed by atoms with Crippen LogP contribution in [0.15, 0.2) is 81.7 Å². The Morgan fingerprint density at radius 1 is 0.561 bits per heavy atom. The van der Waals surface area contributed by atoms with Gasteiger partial charge in [0.2, 0.25) is 0 Å². The van der Waals surface area contributed by atoms with Gasteiger partial charge in [0.1, 0.15) is 11.5 Å². The third-order valence-electron chi connectivity index (χ3n) is 5.78. The Balaban J connectivity index is 1.82. The highest BCUT2D eigenvalue weighted by atomic mass is 79.9. The second kappa shape index (κ2) is 11.1. The lowest BCUT2D eigenvalue weighted by molar-refractivity contribution is -0.384. The van der Waals surface area contributed by atoms with Crippen molar-refractivity contribution >= 4 is 43.2 Å². The van der Waals surface area contributed by atoms with Crippen molar-refractivity contribution in [1.82, 2.24) is 0 Å². The minimum absolute atomic E-state index is 0.00667. The molecule has 7 nitrogen and oxygen atoms in total. The summed E-state index contributed by atoms with van der Waals surface area (Å²) in [6.07, 6.45) is -9.25. The average molecular weight is 706 g/mol. The van der Waals surface area contributed by atoms with Crippen LogP contribution in [-0.4, -0.2) is 9.85 Å². The molecular formula is C26H12Br2F6N2O5. The first-order valence-corrected chi connectivity index (χ1v) is 12.6. The van der Waals surface area contributed by atoms with E-state index in [-0.39, 0.29) is 42.7 Å². The lowest BCUT2D eigenvalue weighted by Gasteiger charge is -2.16. The molecule has 0 aliphatic rings. The van der Waals surface area contributed by atoms with Crippen LogP contribution in [0, 0.1) is 20.2 Å².